The Morgan fingerprint density at radius 1 is 0.643 bits per heavy atom. The van der Waals surface area contributed by atoms with Gasteiger partial charge in [-0.25, -0.2) is 0 Å². The molecular formula is C26H50O2. The quantitative estimate of drug-likeness (QED) is 0.0981. The summed E-state index contributed by atoms with van der Waals surface area (Å²) in [5.74, 6) is 0.00839. The van der Waals surface area contributed by atoms with E-state index < -0.39 is 0 Å². The van der Waals surface area contributed by atoms with Gasteiger partial charge in [-0.05, 0) is 25.7 Å². The molecule has 0 saturated carbocycles. The van der Waals surface area contributed by atoms with Gasteiger partial charge in [0.05, 0.1) is 6.61 Å². The van der Waals surface area contributed by atoms with E-state index in [0.717, 1.165) is 19.3 Å². The molecule has 166 valence electrons. The molecule has 0 aliphatic rings. The minimum absolute atomic E-state index is 0.00839. The van der Waals surface area contributed by atoms with Gasteiger partial charge >= 0.3 is 5.97 Å². The van der Waals surface area contributed by atoms with Crippen molar-refractivity contribution in [2.45, 2.75) is 142 Å². The van der Waals surface area contributed by atoms with Crippen molar-refractivity contribution < 1.29 is 9.53 Å². The lowest BCUT2D eigenvalue weighted by Gasteiger charge is -2.05. The first-order valence-electron chi connectivity index (χ1n) is 12.6. The summed E-state index contributed by atoms with van der Waals surface area (Å²) in [7, 11) is 0. The van der Waals surface area contributed by atoms with E-state index in [-0.39, 0.29) is 5.97 Å². The Kier molecular flexibility index (Phi) is 23.6. The summed E-state index contributed by atoms with van der Waals surface area (Å²) in [6, 6.07) is 0. The number of hydrogen-bond donors (Lipinski definition) is 0. The van der Waals surface area contributed by atoms with Gasteiger partial charge in [0.25, 0.3) is 0 Å². The summed E-state index contributed by atoms with van der Waals surface area (Å²) < 4.78 is 5.34. The fourth-order valence-electron chi connectivity index (χ4n) is 3.64. The Morgan fingerprint density at radius 3 is 1.57 bits per heavy atom. The van der Waals surface area contributed by atoms with Crippen molar-refractivity contribution >= 4 is 5.97 Å². The zero-order valence-corrected chi connectivity index (χ0v) is 19.2. The van der Waals surface area contributed by atoms with Gasteiger partial charge in [-0.3, -0.25) is 4.79 Å². The van der Waals surface area contributed by atoms with Gasteiger partial charge in [0.1, 0.15) is 0 Å². The number of hydrogen-bond acceptors (Lipinski definition) is 2. The molecule has 0 aliphatic heterocycles. The molecule has 0 aromatic carbocycles. The topological polar surface area (TPSA) is 26.3 Å². The van der Waals surface area contributed by atoms with Crippen LogP contribution in [0.2, 0.25) is 0 Å². The summed E-state index contributed by atoms with van der Waals surface area (Å²) in [5.41, 5.74) is 0. The van der Waals surface area contributed by atoms with Crippen LogP contribution in [-0.4, -0.2) is 12.6 Å². The van der Waals surface area contributed by atoms with Crippen molar-refractivity contribution in [1.82, 2.24) is 0 Å². The van der Waals surface area contributed by atoms with Crippen molar-refractivity contribution in [1.29, 1.82) is 0 Å². The maximum Gasteiger partial charge on any atom is 0.305 e. The van der Waals surface area contributed by atoms with Crippen molar-refractivity contribution in [2.24, 2.45) is 0 Å². The van der Waals surface area contributed by atoms with E-state index in [1.54, 1.807) is 0 Å². The number of ether oxygens (including phenoxy) is 1. The van der Waals surface area contributed by atoms with Gasteiger partial charge in [0.2, 0.25) is 0 Å². The monoisotopic (exact) mass is 394 g/mol. The molecule has 0 bridgehead atoms. The number of esters is 1. The SMILES string of the molecule is C=CCCCCCCCCOC(=O)CCCCCCCCCCCCCCC. The van der Waals surface area contributed by atoms with E-state index in [2.05, 4.69) is 13.5 Å². The Bertz CT molecular complexity index is 324. The Hall–Kier alpha value is -0.790. The van der Waals surface area contributed by atoms with Crippen LogP contribution in [0.25, 0.3) is 0 Å². The van der Waals surface area contributed by atoms with Gasteiger partial charge in [-0.15, -0.1) is 6.58 Å². The van der Waals surface area contributed by atoms with Crippen LogP contribution < -0.4 is 0 Å². The van der Waals surface area contributed by atoms with Crippen molar-refractivity contribution in [3.05, 3.63) is 12.7 Å². The van der Waals surface area contributed by atoms with Crippen LogP contribution in [-0.2, 0) is 9.53 Å². The molecule has 0 spiro atoms. The maximum atomic E-state index is 11.7. The average Bonchev–Trinajstić information content (AvgIpc) is 2.70. The number of allylic oxidation sites excluding steroid dienone is 1. The van der Waals surface area contributed by atoms with E-state index in [9.17, 15) is 4.79 Å². The molecule has 0 unspecified atom stereocenters. The van der Waals surface area contributed by atoms with Crippen molar-refractivity contribution in [3.63, 3.8) is 0 Å². The Labute approximate surface area is 176 Å². The molecule has 0 aliphatic carbocycles. The smallest absolute Gasteiger partial charge is 0.305 e. The summed E-state index contributed by atoms with van der Waals surface area (Å²) >= 11 is 0. The lowest BCUT2D eigenvalue weighted by atomic mass is 10.0. The molecule has 0 amide bonds. The highest BCUT2D eigenvalue weighted by atomic mass is 16.5. The van der Waals surface area contributed by atoms with Gasteiger partial charge in [0.15, 0.2) is 0 Å². The lowest BCUT2D eigenvalue weighted by molar-refractivity contribution is -0.143. The molecular weight excluding hydrogens is 344 g/mol. The average molecular weight is 395 g/mol. The first-order chi connectivity index (χ1) is 13.8. The number of rotatable bonds is 23. The van der Waals surface area contributed by atoms with Crippen molar-refractivity contribution in [2.75, 3.05) is 6.61 Å². The molecule has 0 rings (SSSR count). The number of unbranched alkanes of at least 4 members (excludes halogenated alkanes) is 18. The van der Waals surface area contributed by atoms with Crippen molar-refractivity contribution in [3.8, 4) is 0 Å². The first-order valence-corrected chi connectivity index (χ1v) is 12.6. The van der Waals surface area contributed by atoms with Crippen LogP contribution in [0.4, 0.5) is 0 Å². The second-order valence-electron chi connectivity index (χ2n) is 8.41. The molecule has 28 heavy (non-hydrogen) atoms. The molecule has 2 nitrogen and oxygen atoms in total. The van der Waals surface area contributed by atoms with Crippen LogP contribution in [0.1, 0.15) is 142 Å². The number of carbonyl (C=O) groups is 1. The summed E-state index contributed by atoms with van der Waals surface area (Å²) in [6.07, 6.45) is 28.5. The number of carbonyl (C=O) groups excluding carboxylic acids is 1. The highest BCUT2D eigenvalue weighted by Crippen LogP contribution is 2.13. The molecule has 0 radical (unpaired) electrons. The minimum Gasteiger partial charge on any atom is -0.466 e. The molecule has 0 aromatic rings. The van der Waals surface area contributed by atoms with Gasteiger partial charge in [0, 0.05) is 6.42 Å². The van der Waals surface area contributed by atoms with Crippen LogP contribution in [0.3, 0.4) is 0 Å². The third kappa shape index (κ3) is 23.2. The molecule has 0 atom stereocenters. The van der Waals surface area contributed by atoms with E-state index in [1.807, 2.05) is 6.08 Å². The van der Waals surface area contributed by atoms with Crippen LogP contribution >= 0.6 is 0 Å². The standard InChI is InChI=1S/C26H50O2/c1-3-5-7-9-11-13-14-15-16-17-18-20-22-24-26(27)28-25-23-21-19-12-10-8-6-4-2/h4H,2-3,5-25H2,1H3. The zero-order chi connectivity index (χ0) is 20.5. The molecule has 0 heterocycles. The molecule has 0 N–H and O–H groups in total. The van der Waals surface area contributed by atoms with Gasteiger partial charge in [-0.1, -0.05) is 116 Å². The van der Waals surface area contributed by atoms with E-state index in [4.69, 9.17) is 4.74 Å². The zero-order valence-electron chi connectivity index (χ0n) is 19.2. The van der Waals surface area contributed by atoms with Crippen LogP contribution in [0.15, 0.2) is 12.7 Å². The van der Waals surface area contributed by atoms with E-state index in [0.29, 0.717) is 13.0 Å². The van der Waals surface area contributed by atoms with Crippen LogP contribution in [0.5, 0.6) is 0 Å². The van der Waals surface area contributed by atoms with Crippen LogP contribution in [0, 0.1) is 0 Å². The predicted molar refractivity (Wildman–Crippen MR) is 124 cm³/mol. The van der Waals surface area contributed by atoms with Gasteiger partial charge < -0.3 is 4.74 Å². The first kappa shape index (κ1) is 27.2. The maximum absolute atomic E-state index is 11.7. The third-order valence-electron chi connectivity index (χ3n) is 5.55. The Morgan fingerprint density at radius 2 is 1.07 bits per heavy atom. The normalized spacial score (nSPS) is 10.9. The van der Waals surface area contributed by atoms with Gasteiger partial charge in [-0.2, -0.15) is 0 Å². The summed E-state index contributed by atoms with van der Waals surface area (Å²) in [5, 5.41) is 0. The highest BCUT2D eigenvalue weighted by molar-refractivity contribution is 5.69. The third-order valence-corrected chi connectivity index (χ3v) is 5.55. The Balaban J connectivity index is 3.14. The molecule has 0 aromatic heterocycles. The fourth-order valence-corrected chi connectivity index (χ4v) is 3.64. The molecule has 0 saturated heterocycles. The summed E-state index contributed by atoms with van der Waals surface area (Å²) in [4.78, 5) is 11.7. The largest absolute Gasteiger partial charge is 0.466 e. The second kappa shape index (κ2) is 24.2. The van der Waals surface area contributed by atoms with E-state index in [1.165, 1.54) is 109 Å². The second-order valence-corrected chi connectivity index (χ2v) is 8.41. The fraction of sp³-hybridized carbons (Fsp3) is 0.885. The molecule has 2 heteroatoms. The van der Waals surface area contributed by atoms with E-state index >= 15 is 0 Å². The predicted octanol–water partition coefficient (Wildman–Crippen LogP) is 8.93. The highest BCUT2D eigenvalue weighted by Gasteiger charge is 2.02. The summed E-state index contributed by atoms with van der Waals surface area (Å²) in [6.45, 7) is 6.64. The lowest BCUT2D eigenvalue weighted by Crippen LogP contribution is -2.05. The minimum atomic E-state index is 0.00839. The molecule has 0 fully saturated rings.